The third kappa shape index (κ3) is 6.72. The molecule has 0 aliphatic rings. The first-order valence-electron chi connectivity index (χ1n) is 13.5. The normalized spacial score (nSPS) is 11.8. The molecule has 0 saturated heterocycles. The minimum absolute atomic E-state index is 0.0843. The highest BCUT2D eigenvalue weighted by molar-refractivity contribution is 7.92. The predicted molar refractivity (Wildman–Crippen MR) is 165 cm³/mol. The smallest absolute Gasteiger partial charge is 0.234 e. The summed E-state index contributed by atoms with van der Waals surface area (Å²) in [6.07, 6.45) is 3.75. The van der Waals surface area contributed by atoms with Gasteiger partial charge in [-0.15, -0.1) is 0 Å². The van der Waals surface area contributed by atoms with Crippen molar-refractivity contribution in [2.24, 2.45) is 0 Å². The molecular formula is C29H32FN7O2S2. The Labute approximate surface area is 243 Å². The van der Waals surface area contributed by atoms with Crippen LogP contribution in [-0.2, 0) is 16.6 Å². The summed E-state index contributed by atoms with van der Waals surface area (Å²) in [5, 5.41) is 4.61. The van der Waals surface area contributed by atoms with Gasteiger partial charge in [0.1, 0.15) is 5.82 Å². The molecule has 12 heteroatoms. The van der Waals surface area contributed by atoms with E-state index in [4.69, 9.17) is 4.98 Å². The van der Waals surface area contributed by atoms with Crippen molar-refractivity contribution in [2.45, 2.75) is 27.3 Å². The third-order valence-corrected chi connectivity index (χ3v) is 9.22. The highest BCUT2D eigenvalue weighted by Crippen LogP contribution is 2.39. The molecule has 0 saturated carbocycles. The maximum Gasteiger partial charge on any atom is 0.234 e. The monoisotopic (exact) mass is 593 g/mol. The minimum atomic E-state index is -3.53. The van der Waals surface area contributed by atoms with E-state index in [2.05, 4.69) is 67.7 Å². The van der Waals surface area contributed by atoms with Gasteiger partial charge in [0.15, 0.2) is 5.13 Å². The fraction of sp³-hybridized carbons (Fsp3) is 0.276. The van der Waals surface area contributed by atoms with Crippen LogP contribution in [0.15, 0.2) is 67.0 Å². The lowest BCUT2D eigenvalue weighted by Gasteiger charge is -2.18. The molecule has 5 aromatic rings. The quantitative estimate of drug-likeness (QED) is 0.177. The van der Waals surface area contributed by atoms with Crippen LogP contribution in [0.25, 0.3) is 32.7 Å². The van der Waals surface area contributed by atoms with E-state index in [9.17, 15) is 12.8 Å². The molecule has 0 aliphatic heterocycles. The summed E-state index contributed by atoms with van der Waals surface area (Å²) in [5.74, 6) is -0.0712. The number of rotatable bonds is 12. The van der Waals surface area contributed by atoms with Gasteiger partial charge < -0.3 is 14.8 Å². The summed E-state index contributed by atoms with van der Waals surface area (Å²) in [7, 11) is -3.53. The SMILES string of the molecule is CCN(CC)CCn1ccc2cc(Nc3nccc(-c4sc(NS(=O)(=O)CC)nc4-c4ccc(F)cc4)n3)ccc21. The zero-order valence-corrected chi connectivity index (χ0v) is 24.8. The van der Waals surface area contributed by atoms with Gasteiger partial charge in [0, 0.05) is 47.6 Å². The van der Waals surface area contributed by atoms with Crippen LogP contribution >= 0.6 is 11.3 Å². The van der Waals surface area contributed by atoms with Gasteiger partial charge in [-0.3, -0.25) is 4.72 Å². The van der Waals surface area contributed by atoms with Crippen LogP contribution in [-0.4, -0.2) is 58.2 Å². The molecule has 0 atom stereocenters. The summed E-state index contributed by atoms with van der Waals surface area (Å²) in [6.45, 7) is 9.89. The molecule has 0 unspecified atom stereocenters. The standard InChI is InChI=1S/C29H32FN7O2S2/c1-4-36(5-2)17-18-37-16-14-21-19-23(11-12-25(21)37)32-28-31-15-13-24(33-28)27-26(20-7-9-22(30)10-8-20)34-29(40-27)35-41(38,39)6-3/h7-16,19H,4-6,17-18H2,1-3H3,(H,34,35)(H,31,32,33). The number of benzene rings is 2. The van der Waals surface area contributed by atoms with Gasteiger partial charge in [0.2, 0.25) is 16.0 Å². The number of sulfonamides is 1. The lowest BCUT2D eigenvalue weighted by molar-refractivity contribution is 0.292. The lowest BCUT2D eigenvalue weighted by atomic mass is 10.1. The first-order chi connectivity index (χ1) is 19.8. The molecule has 0 fully saturated rings. The summed E-state index contributed by atoms with van der Waals surface area (Å²) >= 11 is 1.16. The number of thiazole rings is 1. The number of likely N-dealkylation sites (N-methyl/N-ethyl adjacent to an activating group) is 1. The van der Waals surface area contributed by atoms with Crippen molar-refractivity contribution in [1.82, 2.24) is 24.4 Å². The Balaban J connectivity index is 1.42. The van der Waals surface area contributed by atoms with Crippen LogP contribution in [0.2, 0.25) is 0 Å². The molecule has 214 valence electrons. The van der Waals surface area contributed by atoms with Gasteiger partial charge >= 0.3 is 0 Å². The van der Waals surface area contributed by atoms with E-state index in [-0.39, 0.29) is 16.7 Å². The summed E-state index contributed by atoms with van der Waals surface area (Å²) in [6, 6.07) is 15.9. The Kier molecular flexibility index (Phi) is 8.62. The van der Waals surface area contributed by atoms with Crippen molar-refractivity contribution in [1.29, 1.82) is 0 Å². The van der Waals surface area contributed by atoms with Gasteiger partial charge in [0.25, 0.3) is 0 Å². The molecule has 5 rings (SSSR count). The summed E-state index contributed by atoms with van der Waals surface area (Å²) in [4.78, 5) is 16.7. The molecule has 3 heterocycles. The molecule has 0 amide bonds. The van der Waals surface area contributed by atoms with Crippen molar-refractivity contribution < 1.29 is 12.8 Å². The number of nitrogens with one attached hydrogen (secondary N) is 2. The number of hydrogen-bond acceptors (Lipinski definition) is 8. The van der Waals surface area contributed by atoms with E-state index in [1.165, 1.54) is 12.1 Å². The molecule has 2 aromatic carbocycles. The van der Waals surface area contributed by atoms with Crippen molar-refractivity contribution in [2.75, 3.05) is 35.4 Å². The maximum absolute atomic E-state index is 13.6. The Morgan fingerprint density at radius 3 is 2.51 bits per heavy atom. The fourth-order valence-electron chi connectivity index (χ4n) is 4.48. The van der Waals surface area contributed by atoms with Crippen molar-refractivity contribution in [3.8, 4) is 21.8 Å². The molecule has 9 nitrogen and oxygen atoms in total. The second-order valence-corrected chi connectivity index (χ2v) is 12.4. The van der Waals surface area contributed by atoms with Gasteiger partial charge in [-0.25, -0.2) is 27.8 Å². The molecule has 0 radical (unpaired) electrons. The highest BCUT2D eigenvalue weighted by Gasteiger charge is 2.19. The van der Waals surface area contributed by atoms with E-state index in [1.54, 1.807) is 31.3 Å². The number of aromatic nitrogens is 4. The van der Waals surface area contributed by atoms with Gasteiger partial charge in [-0.05, 0) is 74.6 Å². The summed E-state index contributed by atoms with van der Waals surface area (Å²) in [5.41, 5.74) is 3.71. The highest BCUT2D eigenvalue weighted by atomic mass is 32.2. The first kappa shape index (κ1) is 28.7. The van der Waals surface area contributed by atoms with E-state index in [0.29, 0.717) is 27.8 Å². The lowest BCUT2D eigenvalue weighted by Crippen LogP contribution is -2.26. The van der Waals surface area contributed by atoms with Crippen LogP contribution in [0.4, 0.5) is 21.2 Å². The zero-order valence-electron chi connectivity index (χ0n) is 23.1. The average Bonchev–Trinajstić information content (AvgIpc) is 3.58. The molecule has 41 heavy (non-hydrogen) atoms. The Morgan fingerprint density at radius 2 is 1.78 bits per heavy atom. The minimum Gasteiger partial charge on any atom is -0.346 e. The number of fused-ring (bicyclic) bond motifs is 1. The number of hydrogen-bond donors (Lipinski definition) is 2. The topological polar surface area (TPSA) is 105 Å². The van der Waals surface area contributed by atoms with Crippen LogP contribution in [0.1, 0.15) is 20.8 Å². The zero-order chi connectivity index (χ0) is 29.0. The van der Waals surface area contributed by atoms with Crippen LogP contribution in [0.5, 0.6) is 0 Å². The Morgan fingerprint density at radius 1 is 1.00 bits per heavy atom. The summed E-state index contributed by atoms with van der Waals surface area (Å²) < 4.78 is 42.8. The van der Waals surface area contributed by atoms with Crippen LogP contribution in [0, 0.1) is 5.82 Å². The first-order valence-corrected chi connectivity index (χ1v) is 15.9. The molecule has 3 aromatic heterocycles. The maximum atomic E-state index is 13.6. The molecule has 0 bridgehead atoms. The molecular weight excluding hydrogens is 561 g/mol. The largest absolute Gasteiger partial charge is 0.346 e. The molecule has 0 aliphatic carbocycles. The van der Waals surface area contributed by atoms with Crippen molar-refractivity contribution >= 4 is 49.0 Å². The van der Waals surface area contributed by atoms with E-state index >= 15 is 0 Å². The number of halogens is 1. The second kappa shape index (κ2) is 12.3. The van der Waals surface area contributed by atoms with E-state index < -0.39 is 10.0 Å². The van der Waals surface area contributed by atoms with E-state index in [1.807, 2.05) is 6.07 Å². The number of nitrogens with zero attached hydrogens (tertiary/aromatic N) is 5. The average molecular weight is 594 g/mol. The van der Waals surface area contributed by atoms with Gasteiger partial charge in [-0.1, -0.05) is 25.2 Å². The molecule has 0 spiro atoms. The van der Waals surface area contributed by atoms with Gasteiger partial charge in [-0.2, -0.15) is 0 Å². The second-order valence-electron chi connectivity index (χ2n) is 9.41. The third-order valence-electron chi connectivity index (χ3n) is 6.83. The number of anilines is 3. The van der Waals surface area contributed by atoms with Gasteiger partial charge in [0.05, 0.1) is 22.0 Å². The fourth-order valence-corrected chi connectivity index (χ4v) is 6.29. The van der Waals surface area contributed by atoms with Crippen LogP contribution in [0.3, 0.4) is 0 Å². The van der Waals surface area contributed by atoms with Crippen molar-refractivity contribution in [3.05, 3.63) is 72.8 Å². The predicted octanol–water partition coefficient (Wildman–Crippen LogP) is 6.21. The Hall–Kier alpha value is -3.87. The van der Waals surface area contributed by atoms with Crippen LogP contribution < -0.4 is 10.0 Å². The van der Waals surface area contributed by atoms with Crippen molar-refractivity contribution in [3.63, 3.8) is 0 Å². The van der Waals surface area contributed by atoms with E-state index in [0.717, 1.165) is 54.1 Å². The molecule has 2 N–H and O–H groups in total. The Bertz CT molecular complexity index is 1750.